The van der Waals surface area contributed by atoms with Crippen LogP contribution in [0.1, 0.15) is 5.69 Å². The van der Waals surface area contributed by atoms with Crippen LogP contribution in [-0.4, -0.2) is 24.9 Å². The molecular weight excluding hydrogens is 213 g/mol. The highest BCUT2D eigenvalue weighted by Gasteiger charge is 2.13. The van der Waals surface area contributed by atoms with Gasteiger partial charge in [0.05, 0.1) is 11.3 Å². The number of hydrogen-bond donors (Lipinski definition) is 3. The number of pyridine rings is 1. The predicted octanol–water partition coefficient (Wildman–Crippen LogP) is -0.165. The number of allylic oxidation sites excluding steroid dienone is 1. The highest BCUT2D eigenvalue weighted by molar-refractivity contribution is 6.33. The minimum absolute atomic E-state index is 0.0590. The van der Waals surface area contributed by atoms with E-state index in [4.69, 9.17) is 11.1 Å². The van der Waals surface area contributed by atoms with Crippen LogP contribution in [0.3, 0.4) is 0 Å². The summed E-state index contributed by atoms with van der Waals surface area (Å²) in [7, 11) is 1.93. The fourth-order valence-electron chi connectivity index (χ4n) is 1.46. The molecule has 5 nitrogen and oxygen atoms in total. The lowest BCUT2D eigenvalue weighted by molar-refractivity contribution is 1.02. The zero-order valence-electron chi connectivity index (χ0n) is 9.44. The molecule has 0 aromatic carbocycles. The molecule has 1 aliphatic heterocycles. The summed E-state index contributed by atoms with van der Waals surface area (Å²) in [6, 6.07) is 5.46. The number of nitrogens with two attached hydrogens (primary N) is 1. The Morgan fingerprint density at radius 2 is 2.24 bits per heavy atom. The first kappa shape index (κ1) is 11.1. The van der Waals surface area contributed by atoms with Gasteiger partial charge in [0.15, 0.2) is 0 Å². The Balaban J connectivity index is 2.48. The van der Waals surface area contributed by atoms with Gasteiger partial charge in [0.1, 0.15) is 19.5 Å². The molecule has 0 fully saturated rings. The van der Waals surface area contributed by atoms with E-state index in [2.05, 4.69) is 15.3 Å². The van der Waals surface area contributed by atoms with Crippen molar-refractivity contribution in [3.63, 3.8) is 0 Å². The summed E-state index contributed by atoms with van der Waals surface area (Å²) < 4.78 is 0. The molecule has 17 heavy (non-hydrogen) atoms. The van der Waals surface area contributed by atoms with Gasteiger partial charge in [-0.2, -0.15) is 0 Å². The molecule has 0 bridgehead atoms. The number of aliphatic imine (C=N–C) groups is 1. The SMILES string of the molecule is BC1=CN/C(=C(\C(=N)N)c2ccccn2)N=C1. The van der Waals surface area contributed by atoms with Crippen molar-refractivity contribution >= 4 is 25.5 Å². The molecule has 1 aromatic heterocycles. The van der Waals surface area contributed by atoms with Gasteiger partial charge in [0.2, 0.25) is 0 Å². The fourth-order valence-corrected chi connectivity index (χ4v) is 1.46. The van der Waals surface area contributed by atoms with E-state index in [-0.39, 0.29) is 5.84 Å². The number of nitrogens with zero attached hydrogens (tertiary/aromatic N) is 2. The normalized spacial score (nSPS) is 17.1. The van der Waals surface area contributed by atoms with E-state index in [0.29, 0.717) is 17.1 Å². The van der Waals surface area contributed by atoms with Crippen molar-refractivity contribution in [2.45, 2.75) is 0 Å². The molecule has 6 heteroatoms. The maximum atomic E-state index is 7.62. The van der Waals surface area contributed by atoms with Crippen molar-refractivity contribution in [3.05, 3.63) is 47.6 Å². The van der Waals surface area contributed by atoms with Crippen LogP contribution in [0.2, 0.25) is 0 Å². The van der Waals surface area contributed by atoms with Gasteiger partial charge >= 0.3 is 0 Å². The summed E-state index contributed by atoms with van der Waals surface area (Å²) in [5.74, 6) is 0.484. The molecule has 0 aliphatic carbocycles. The molecule has 1 aliphatic rings. The summed E-state index contributed by atoms with van der Waals surface area (Å²) in [4.78, 5) is 8.40. The summed E-state index contributed by atoms with van der Waals surface area (Å²) in [6.45, 7) is 0. The largest absolute Gasteiger partial charge is 0.384 e. The van der Waals surface area contributed by atoms with Crippen LogP contribution in [0, 0.1) is 5.41 Å². The molecule has 0 unspecified atom stereocenters. The smallest absolute Gasteiger partial charge is 0.143 e. The molecule has 0 amide bonds. The third-order valence-electron chi connectivity index (χ3n) is 2.26. The van der Waals surface area contributed by atoms with Gasteiger partial charge < -0.3 is 11.1 Å². The molecule has 0 radical (unpaired) electrons. The Morgan fingerprint density at radius 3 is 2.76 bits per heavy atom. The summed E-state index contributed by atoms with van der Waals surface area (Å²) >= 11 is 0. The van der Waals surface area contributed by atoms with Crippen LogP contribution in [0.15, 0.2) is 46.9 Å². The molecule has 0 atom stereocenters. The van der Waals surface area contributed by atoms with Crippen LogP contribution in [-0.2, 0) is 0 Å². The van der Waals surface area contributed by atoms with E-state index < -0.39 is 0 Å². The van der Waals surface area contributed by atoms with Crippen molar-refractivity contribution in [1.29, 1.82) is 5.41 Å². The minimum atomic E-state index is -0.0590. The van der Waals surface area contributed by atoms with Gasteiger partial charge in [-0.3, -0.25) is 10.4 Å². The van der Waals surface area contributed by atoms with Gasteiger partial charge in [-0.25, -0.2) is 4.99 Å². The van der Waals surface area contributed by atoms with E-state index in [0.717, 1.165) is 5.47 Å². The molecule has 1 aromatic rings. The molecular formula is C11H12BN5. The van der Waals surface area contributed by atoms with Crippen molar-refractivity contribution in [2.75, 3.05) is 0 Å². The van der Waals surface area contributed by atoms with Crippen LogP contribution in [0.4, 0.5) is 0 Å². The molecule has 2 rings (SSSR count). The number of nitrogens with one attached hydrogen (secondary N) is 2. The number of rotatable bonds is 2. The Labute approximate surface area is 100 Å². The monoisotopic (exact) mass is 225 g/mol. The average molecular weight is 225 g/mol. The predicted molar refractivity (Wildman–Crippen MR) is 71.3 cm³/mol. The third kappa shape index (κ3) is 2.42. The van der Waals surface area contributed by atoms with Crippen molar-refractivity contribution in [3.8, 4) is 0 Å². The third-order valence-corrected chi connectivity index (χ3v) is 2.26. The molecule has 2 heterocycles. The van der Waals surface area contributed by atoms with Gasteiger partial charge in [0, 0.05) is 12.4 Å². The van der Waals surface area contributed by atoms with Crippen LogP contribution in [0.5, 0.6) is 0 Å². The Morgan fingerprint density at radius 1 is 1.41 bits per heavy atom. The zero-order valence-corrected chi connectivity index (χ0v) is 9.44. The Bertz CT molecular complexity index is 530. The second-order valence-electron chi connectivity index (χ2n) is 3.64. The van der Waals surface area contributed by atoms with Gasteiger partial charge in [-0.15, -0.1) is 0 Å². The van der Waals surface area contributed by atoms with Crippen molar-refractivity contribution in [2.24, 2.45) is 10.7 Å². The first-order valence-corrected chi connectivity index (χ1v) is 5.16. The number of amidine groups is 1. The maximum absolute atomic E-state index is 7.62. The Hall–Kier alpha value is -2.37. The topological polar surface area (TPSA) is 87.2 Å². The lowest BCUT2D eigenvalue weighted by Crippen LogP contribution is -2.20. The van der Waals surface area contributed by atoms with Gasteiger partial charge in [-0.1, -0.05) is 11.5 Å². The van der Waals surface area contributed by atoms with Crippen molar-refractivity contribution in [1.82, 2.24) is 10.3 Å². The van der Waals surface area contributed by atoms with Crippen molar-refractivity contribution < 1.29 is 0 Å². The fraction of sp³-hybridized carbons (Fsp3) is 0. The number of hydrogen-bond acceptors (Lipinski definition) is 4. The van der Waals surface area contributed by atoms with E-state index in [1.165, 1.54) is 0 Å². The second-order valence-corrected chi connectivity index (χ2v) is 3.64. The molecule has 0 saturated carbocycles. The average Bonchev–Trinajstić information content (AvgIpc) is 2.33. The van der Waals surface area contributed by atoms with Crippen LogP contribution in [0.25, 0.3) is 5.57 Å². The van der Waals surface area contributed by atoms with Crippen LogP contribution < -0.4 is 11.1 Å². The highest BCUT2D eigenvalue weighted by atomic mass is 15.0. The van der Waals surface area contributed by atoms with Gasteiger partial charge in [0.25, 0.3) is 0 Å². The van der Waals surface area contributed by atoms with E-state index in [1.807, 2.05) is 26.2 Å². The lowest BCUT2D eigenvalue weighted by atomic mass is 9.97. The quantitative estimate of drug-likeness (QED) is 0.371. The summed E-state index contributed by atoms with van der Waals surface area (Å²) in [5, 5.41) is 10.6. The second kappa shape index (κ2) is 4.65. The molecule has 0 saturated heterocycles. The minimum Gasteiger partial charge on any atom is -0.384 e. The van der Waals surface area contributed by atoms with Crippen LogP contribution >= 0.6 is 0 Å². The lowest BCUT2D eigenvalue weighted by Gasteiger charge is -2.13. The maximum Gasteiger partial charge on any atom is 0.143 e. The van der Waals surface area contributed by atoms with E-state index >= 15 is 0 Å². The first-order valence-electron chi connectivity index (χ1n) is 5.16. The molecule has 84 valence electrons. The first-order chi connectivity index (χ1) is 8.18. The summed E-state index contributed by atoms with van der Waals surface area (Å²) in [5.41, 5.74) is 7.73. The molecule has 4 N–H and O–H groups in total. The van der Waals surface area contributed by atoms with E-state index in [1.54, 1.807) is 18.5 Å². The van der Waals surface area contributed by atoms with Gasteiger partial charge in [-0.05, 0) is 18.3 Å². The highest BCUT2D eigenvalue weighted by Crippen LogP contribution is 2.17. The van der Waals surface area contributed by atoms with E-state index in [9.17, 15) is 0 Å². The zero-order chi connectivity index (χ0) is 12.3. The summed E-state index contributed by atoms with van der Waals surface area (Å²) in [6.07, 6.45) is 5.19. The standard InChI is InChI=1S/C11H12BN5/c12-7-5-16-11(17-6-7)9(10(13)14)8-3-1-2-4-15-8/h1-6,16H,12H2,(H3,13,14)/b11-9+. The molecule has 0 spiro atoms. The number of aromatic nitrogens is 1. The Kier molecular flexibility index (Phi) is 3.04.